The first kappa shape index (κ1) is 23.4. The van der Waals surface area contributed by atoms with E-state index in [2.05, 4.69) is 6.07 Å². The van der Waals surface area contributed by atoms with Crippen molar-refractivity contribution < 1.29 is 19.1 Å². The summed E-state index contributed by atoms with van der Waals surface area (Å²) >= 11 is 0. The topological polar surface area (TPSA) is 76.9 Å². The van der Waals surface area contributed by atoms with Crippen LogP contribution in [-0.4, -0.2) is 71.8 Å². The average molecular weight is 463 g/mol. The molecule has 1 aromatic heterocycles. The lowest BCUT2D eigenvalue weighted by Gasteiger charge is -2.34. The van der Waals surface area contributed by atoms with Crippen LogP contribution in [0.25, 0.3) is 16.9 Å². The van der Waals surface area contributed by atoms with E-state index in [4.69, 9.17) is 14.6 Å². The molecule has 0 aliphatic carbocycles. The van der Waals surface area contributed by atoms with Gasteiger partial charge in [0.2, 0.25) is 5.91 Å². The van der Waals surface area contributed by atoms with E-state index in [1.165, 1.54) is 0 Å². The van der Waals surface area contributed by atoms with Crippen LogP contribution in [-0.2, 0) is 4.79 Å². The number of nitrogens with zero attached hydrogens (tertiary/aromatic N) is 4. The minimum absolute atomic E-state index is 0.0290. The van der Waals surface area contributed by atoms with E-state index in [0.29, 0.717) is 49.1 Å². The second kappa shape index (κ2) is 9.59. The standard InChI is InChI=1S/C26H30N4O4/c1-17-6-9-23(18(2)14-17)30-24(26(32)29-12-10-28(11-13-29)19(3)31)16-22(27-30)21-8-7-20(33-4)15-25(21)34-5/h6-9,14-16H,10-13H2,1-5H3. The molecule has 8 nitrogen and oxygen atoms in total. The van der Waals surface area contributed by atoms with Crippen LogP contribution in [0.2, 0.25) is 0 Å². The second-order valence-electron chi connectivity index (χ2n) is 8.48. The number of piperazine rings is 1. The average Bonchev–Trinajstić information content (AvgIpc) is 3.28. The molecule has 8 heteroatoms. The summed E-state index contributed by atoms with van der Waals surface area (Å²) in [6, 6.07) is 13.4. The number of aromatic nitrogens is 2. The number of hydrogen-bond donors (Lipinski definition) is 0. The molecule has 0 saturated carbocycles. The predicted octanol–water partition coefficient (Wildman–Crippen LogP) is 3.48. The summed E-state index contributed by atoms with van der Waals surface area (Å²) in [6.07, 6.45) is 0. The first-order chi connectivity index (χ1) is 16.3. The van der Waals surface area contributed by atoms with Crippen molar-refractivity contribution >= 4 is 11.8 Å². The maximum absolute atomic E-state index is 13.7. The van der Waals surface area contributed by atoms with Crippen LogP contribution in [0.1, 0.15) is 28.5 Å². The quantitative estimate of drug-likeness (QED) is 0.580. The summed E-state index contributed by atoms with van der Waals surface area (Å²) in [7, 11) is 3.20. The van der Waals surface area contributed by atoms with Gasteiger partial charge in [0.05, 0.1) is 25.6 Å². The summed E-state index contributed by atoms with van der Waals surface area (Å²) in [5.74, 6) is 1.20. The van der Waals surface area contributed by atoms with E-state index in [1.807, 2.05) is 44.2 Å². The molecule has 178 valence electrons. The van der Waals surface area contributed by atoms with Crippen molar-refractivity contribution in [3.8, 4) is 28.4 Å². The Bertz CT molecular complexity index is 1230. The molecule has 0 radical (unpaired) electrons. The van der Waals surface area contributed by atoms with Crippen LogP contribution in [0.15, 0.2) is 42.5 Å². The van der Waals surface area contributed by atoms with Gasteiger partial charge in [-0.15, -0.1) is 0 Å². The fourth-order valence-corrected chi connectivity index (χ4v) is 4.29. The van der Waals surface area contributed by atoms with Gasteiger partial charge in [0.15, 0.2) is 0 Å². The van der Waals surface area contributed by atoms with Gasteiger partial charge in [0, 0.05) is 44.7 Å². The van der Waals surface area contributed by atoms with Crippen LogP contribution < -0.4 is 9.47 Å². The maximum atomic E-state index is 13.7. The van der Waals surface area contributed by atoms with Gasteiger partial charge in [-0.1, -0.05) is 17.7 Å². The number of aryl methyl sites for hydroxylation is 2. The molecule has 1 saturated heterocycles. The predicted molar refractivity (Wildman–Crippen MR) is 130 cm³/mol. The zero-order chi connectivity index (χ0) is 24.4. The molecule has 0 bridgehead atoms. The Balaban J connectivity index is 1.78. The molecule has 0 spiro atoms. The highest BCUT2D eigenvalue weighted by atomic mass is 16.5. The Labute approximate surface area is 199 Å². The van der Waals surface area contributed by atoms with Gasteiger partial charge in [-0.05, 0) is 43.7 Å². The molecule has 1 aliphatic rings. The minimum atomic E-state index is -0.116. The Hall–Kier alpha value is -3.81. The van der Waals surface area contributed by atoms with Crippen molar-refractivity contribution in [3.05, 3.63) is 59.3 Å². The first-order valence-electron chi connectivity index (χ1n) is 11.3. The molecular weight excluding hydrogens is 432 g/mol. The van der Waals surface area contributed by atoms with E-state index in [0.717, 1.165) is 22.4 Å². The normalized spacial score (nSPS) is 13.7. The van der Waals surface area contributed by atoms with Gasteiger partial charge in [0.25, 0.3) is 5.91 Å². The van der Waals surface area contributed by atoms with Gasteiger partial charge in [-0.2, -0.15) is 5.10 Å². The van der Waals surface area contributed by atoms with Crippen molar-refractivity contribution in [1.82, 2.24) is 19.6 Å². The third kappa shape index (κ3) is 4.48. The fraction of sp³-hybridized carbons (Fsp3) is 0.346. The zero-order valence-electron chi connectivity index (χ0n) is 20.3. The number of rotatable bonds is 5. The molecule has 2 heterocycles. The molecule has 3 aromatic rings. The third-order valence-corrected chi connectivity index (χ3v) is 6.21. The summed E-state index contributed by atoms with van der Waals surface area (Å²) in [4.78, 5) is 28.9. The van der Waals surface area contributed by atoms with E-state index >= 15 is 0 Å². The summed E-state index contributed by atoms with van der Waals surface area (Å²) in [5, 5.41) is 4.85. The molecule has 1 aliphatic heterocycles. The number of carbonyl (C=O) groups is 2. The molecule has 2 amide bonds. The third-order valence-electron chi connectivity index (χ3n) is 6.21. The van der Waals surface area contributed by atoms with Gasteiger partial charge in [0.1, 0.15) is 17.2 Å². The molecule has 1 fully saturated rings. The van der Waals surface area contributed by atoms with Crippen LogP contribution >= 0.6 is 0 Å². The Morgan fingerprint density at radius 3 is 2.21 bits per heavy atom. The minimum Gasteiger partial charge on any atom is -0.497 e. The summed E-state index contributed by atoms with van der Waals surface area (Å²) < 4.78 is 12.6. The lowest BCUT2D eigenvalue weighted by atomic mass is 10.1. The van der Waals surface area contributed by atoms with Crippen molar-refractivity contribution in [2.24, 2.45) is 0 Å². The van der Waals surface area contributed by atoms with E-state index < -0.39 is 0 Å². The van der Waals surface area contributed by atoms with E-state index in [1.54, 1.807) is 41.7 Å². The van der Waals surface area contributed by atoms with Crippen molar-refractivity contribution in [1.29, 1.82) is 0 Å². The molecular formula is C26H30N4O4. The van der Waals surface area contributed by atoms with Crippen molar-refractivity contribution in [2.45, 2.75) is 20.8 Å². The first-order valence-corrected chi connectivity index (χ1v) is 11.3. The molecule has 2 aromatic carbocycles. The van der Waals surface area contributed by atoms with Gasteiger partial charge >= 0.3 is 0 Å². The molecule has 0 N–H and O–H groups in total. The number of methoxy groups -OCH3 is 2. The highest BCUT2D eigenvalue weighted by molar-refractivity contribution is 5.95. The van der Waals surface area contributed by atoms with Crippen LogP contribution in [0, 0.1) is 13.8 Å². The summed E-state index contributed by atoms with van der Waals surface area (Å²) in [5.41, 5.74) is 4.86. The van der Waals surface area contributed by atoms with E-state index in [9.17, 15) is 9.59 Å². The molecule has 34 heavy (non-hydrogen) atoms. The monoisotopic (exact) mass is 462 g/mol. The fourth-order valence-electron chi connectivity index (χ4n) is 4.29. The lowest BCUT2D eigenvalue weighted by molar-refractivity contribution is -0.130. The van der Waals surface area contributed by atoms with Gasteiger partial charge in [-0.25, -0.2) is 4.68 Å². The molecule has 0 unspecified atom stereocenters. The second-order valence-corrected chi connectivity index (χ2v) is 8.48. The highest BCUT2D eigenvalue weighted by Crippen LogP contribution is 2.34. The van der Waals surface area contributed by atoms with E-state index in [-0.39, 0.29) is 11.8 Å². The largest absolute Gasteiger partial charge is 0.497 e. The van der Waals surface area contributed by atoms with Crippen molar-refractivity contribution in [3.63, 3.8) is 0 Å². The highest BCUT2D eigenvalue weighted by Gasteiger charge is 2.28. The van der Waals surface area contributed by atoms with Crippen LogP contribution in [0.5, 0.6) is 11.5 Å². The van der Waals surface area contributed by atoms with Crippen LogP contribution in [0.4, 0.5) is 0 Å². The number of amides is 2. The number of hydrogen-bond acceptors (Lipinski definition) is 5. The Morgan fingerprint density at radius 1 is 0.882 bits per heavy atom. The summed E-state index contributed by atoms with van der Waals surface area (Å²) in [6.45, 7) is 7.62. The lowest BCUT2D eigenvalue weighted by Crippen LogP contribution is -2.50. The maximum Gasteiger partial charge on any atom is 0.272 e. The molecule has 0 atom stereocenters. The van der Waals surface area contributed by atoms with Crippen LogP contribution in [0.3, 0.4) is 0 Å². The van der Waals surface area contributed by atoms with Gasteiger partial charge in [-0.3, -0.25) is 9.59 Å². The SMILES string of the molecule is COc1ccc(-c2cc(C(=O)N3CCN(C(C)=O)CC3)n(-c3ccc(C)cc3C)n2)c(OC)c1. The number of ether oxygens (including phenoxy) is 2. The Kier molecular flexibility index (Phi) is 6.58. The van der Waals surface area contributed by atoms with Gasteiger partial charge < -0.3 is 19.3 Å². The van der Waals surface area contributed by atoms with Crippen molar-refractivity contribution in [2.75, 3.05) is 40.4 Å². The smallest absolute Gasteiger partial charge is 0.272 e. The number of carbonyl (C=O) groups excluding carboxylic acids is 2. The molecule has 4 rings (SSSR count). The Morgan fingerprint density at radius 2 is 1.59 bits per heavy atom. The zero-order valence-corrected chi connectivity index (χ0v) is 20.3. The number of benzene rings is 2.